The van der Waals surface area contributed by atoms with Gasteiger partial charge in [0.1, 0.15) is 42.8 Å². The quantitative estimate of drug-likeness (QED) is 0.171. The van der Waals surface area contributed by atoms with E-state index in [1.807, 2.05) is 6.07 Å². The van der Waals surface area contributed by atoms with Gasteiger partial charge in [-0.05, 0) is 36.6 Å². The minimum atomic E-state index is -5.11. The summed E-state index contributed by atoms with van der Waals surface area (Å²) in [5, 5.41) is 13.2. The zero-order valence-corrected chi connectivity index (χ0v) is 29.3. The number of amides is 2. The van der Waals surface area contributed by atoms with Crippen LogP contribution in [0.5, 0.6) is 11.5 Å². The van der Waals surface area contributed by atoms with Gasteiger partial charge >= 0.3 is 24.1 Å². The molecule has 294 valence electrons. The van der Waals surface area contributed by atoms with Crippen molar-refractivity contribution in [3.63, 3.8) is 0 Å². The van der Waals surface area contributed by atoms with Crippen LogP contribution >= 0.6 is 0 Å². The Morgan fingerprint density at radius 3 is 2.50 bits per heavy atom. The Bertz CT molecular complexity index is 2300. The van der Waals surface area contributed by atoms with Gasteiger partial charge in [-0.2, -0.15) is 13.2 Å². The third-order valence-electron chi connectivity index (χ3n) is 10.1. The van der Waals surface area contributed by atoms with Crippen molar-refractivity contribution in [3.8, 4) is 11.5 Å². The number of esters is 1. The van der Waals surface area contributed by atoms with E-state index in [0.717, 1.165) is 35.4 Å². The fourth-order valence-electron chi connectivity index (χ4n) is 7.32. The number of anilines is 2. The summed E-state index contributed by atoms with van der Waals surface area (Å²) in [6.07, 6.45) is -4.18. The summed E-state index contributed by atoms with van der Waals surface area (Å²) in [5.41, 5.74) is -1.47. The first-order valence-corrected chi connectivity index (χ1v) is 17.7. The first kappa shape index (κ1) is 37.0. The molecule has 1 aromatic heterocycles. The van der Waals surface area contributed by atoms with Crippen LogP contribution in [0.1, 0.15) is 41.2 Å². The van der Waals surface area contributed by atoms with Crippen LogP contribution in [0.25, 0.3) is 10.9 Å². The van der Waals surface area contributed by atoms with E-state index in [4.69, 9.17) is 18.9 Å². The number of pyridine rings is 1. The minimum absolute atomic E-state index is 0.0125. The third-order valence-corrected chi connectivity index (χ3v) is 10.1. The molecule has 2 amide bonds. The summed E-state index contributed by atoms with van der Waals surface area (Å²) in [7, 11) is 0. The number of carbonyl (C=O) groups is 3. The zero-order chi connectivity index (χ0) is 39.5. The Morgan fingerprint density at radius 1 is 1.02 bits per heavy atom. The van der Waals surface area contributed by atoms with Gasteiger partial charge in [0.2, 0.25) is 5.43 Å². The van der Waals surface area contributed by atoms with Gasteiger partial charge in [0.15, 0.2) is 23.1 Å². The van der Waals surface area contributed by atoms with E-state index in [-0.39, 0.29) is 72.6 Å². The van der Waals surface area contributed by atoms with Gasteiger partial charge < -0.3 is 38.8 Å². The Kier molecular flexibility index (Phi) is 9.25. The maximum absolute atomic E-state index is 16.1. The lowest BCUT2D eigenvalue weighted by Gasteiger charge is -2.34. The van der Waals surface area contributed by atoms with Crippen LogP contribution in [0.15, 0.2) is 65.6 Å². The maximum atomic E-state index is 16.1. The van der Waals surface area contributed by atoms with Crippen molar-refractivity contribution in [1.29, 1.82) is 0 Å². The molecular weight excluding hydrogens is 751 g/mol. The van der Waals surface area contributed by atoms with E-state index in [0.29, 0.717) is 5.52 Å². The van der Waals surface area contributed by atoms with Gasteiger partial charge in [0.25, 0.3) is 0 Å². The Labute approximate surface area is 314 Å². The van der Waals surface area contributed by atoms with Crippen LogP contribution in [-0.2, 0) is 20.9 Å². The zero-order valence-electron chi connectivity index (χ0n) is 29.3. The normalized spacial score (nSPS) is 21.6. The van der Waals surface area contributed by atoms with Crippen LogP contribution in [-0.4, -0.2) is 84.4 Å². The highest BCUT2D eigenvalue weighted by atomic mass is 19.4. The third kappa shape index (κ3) is 7.04. The Morgan fingerprint density at radius 2 is 1.79 bits per heavy atom. The molecule has 13 nitrogen and oxygen atoms in total. The monoisotopic (exact) mass is 784 g/mol. The number of fused-ring (bicyclic) bond motifs is 5. The molecule has 2 saturated heterocycles. The number of aromatic nitrogens is 1. The lowest BCUT2D eigenvalue weighted by atomic mass is 10.0. The number of hydrogen-bond donors (Lipinski definition) is 2. The SMILES string of the molecule is O=C(OCc1ccccc1)c1cn(C2CC2)c2c3c(c(F)cc2c1=O)N1CC(O)(COc2ccc(N4C[C@H](CNC(=O)C(F)(F)F)OC4=O)cc2F)CC1CO3. The van der Waals surface area contributed by atoms with Gasteiger partial charge in [-0.1, -0.05) is 30.3 Å². The molecule has 4 aromatic rings. The van der Waals surface area contributed by atoms with Gasteiger partial charge in [-0.25, -0.2) is 18.4 Å². The Balaban J connectivity index is 0.973. The predicted molar refractivity (Wildman–Crippen MR) is 187 cm³/mol. The number of alkyl halides is 3. The molecule has 0 bridgehead atoms. The topological polar surface area (TPSA) is 149 Å². The van der Waals surface area contributed by atoms with E-state index >= 15 is 8.78 Å². The minimum Gasteiger partial charge on any atom is -0.487 e. The maximum Gasteiger partial charge on any atom is 0.471 e. The van der Waals surface area contributed by atoms with Crippen molar-refractivity contribution in [2.24, 2.45) is 0 Å². The van der Waals surface area contributed by atoms with E-state index in [1.54, 1.807) is 39.0 Å². The lowest BCUT2D eigenvalue weighted by Crippen LogP contribution is -2.41. The van der Waals surface area contributed by atoms with Crippen molar-refractivity contribution in [2.45, 2.75) is 55.8 Å². The second-order valence-corrected chi connectivity index (χ2v) is 14.3. The van der Waals surface area contributed by atoms with Crippen LogP contribution < -0.4 is 30.0 Å². The molecule has 1 aliphatic carbocycles. The summed E-state index contributed by atoms with van der Waals surface area (Å²) >= 11 is 0. The molecule has 8 rings (SSSR count). The number of nitrogens with one attached hydrogen (secondary N) is 1. The summed E-state index contributed by atoms with van der Waals surface area (Å²) in [4.78, 5) is 52.9. The lowest BCUT2D eigenvalue weighted by molar-refractivity contribution is -0.173. The molecule has 3 fully saturated rings. The number of benzene rings is 3. The molecular formula is C38H33F5N4O9. The highest BCUT2D eigenvalue weighted by molar-refractivity contribution is 5.98. The second kappa shape index (κ2) is 14.0. The van der Waals surface area contributed by atoms with Crippen molar-refractivity contribution in [1.82, 2.24) is 9.88 Å². The number of aliphatic hydroxyl groups is 1. The molecule has 2 N–H and O–H groups in total. The molecule has 1 saturated carbocycles. The smallest absolute Gasteiger partial charge is 0.471 e. The molecule has 2 unspecified atom stereocenters. The van der Waals surface area contributed by atoms with Gasteiger partial charge in [0.05, 0.1) is 42.3 Å². The first-order valence-electron chi connectivity index (χ1n) is 17.7. The summed E-state index contributed by atoms with van der Waals surface area (Å²) in [5.74, 6) is -4.94. The van der Waals surface area contributed by atoms with Crippen molar-refractivity contribution in [3.05, 3.63) is 93.8 Å². The van der Waals surface area contributed by atoms with Gasteiger partial charge in [-0.3, -0.25) is 14.5 Å². The average Bonchev–Trinajstić information content (AvgIpc) is 3.85. The fraction of sp³-hybridized carbons (Fsp3) is 0.368. The van der Waals surface area contributed by atoms with Crippen molar-refractivity contribution in [2.75, 3.05) is 42.6 Å². The number of halogens is 5. The number of ether oxygens (including phenoxy) is 4. The van der Waals surface area contributed by atoms with E-state index < -0.39 is 72.1 Å². The van der Waals surface area contributed by atoms with Crippen LogP contribution in [0, 0.1) is 11.6 Å². The van der Waals surface area contributed by atoms with Gasteiger partial charge in [-0.15, -0.1) is 0 Å². The van der Waals surface area contributed by atoms with Crippen molar-refractivity contribution < 1.29 is 60.4 Å². The number of rotatable bonds is 10. The summed E-state index contributed by atoms with van der Waals surface area (Å²) < 4.78 is 92.9. The number of nitrogens with zero attached hydrogens (tertiary/aromatic N) is 3. The molecule has 4 heterocycles. The predicted octanol–water partition coefficient (Wildman–Crippen LogP) is 4.76. The van der Waals surface area contributed by atoms with Gasteiger partial charge in [0, 0.05) is 24.7 Å². The molecule has 3 atom stereocenters. The molecule has 3 aliphatic heterocycles. The van der Waals surface area contributed by atoms with Crippen LogP contribution in [0.2, 0.25) is 0 Å². The molecule has 0 radical (unpaired) electrons. The highest BCUT2D eigenvalue weighted by Crippen LogP contribution is 2.48. The number of cyclic esters (lactones) is 1. The number of hydrogen-bond acceptors (Lipinski definition) is 10. The molecule has 18 heteroatoms. The summed E-state index contributed by atoms with van der Waals surface area (Å²) in [6.45, 7) is -1.47. The second-order valence-electron chi connectivity index (χ2n) is 14.3. The Hall–Kier alpha value is -5.91. The van der Waals surface area contributed by atoms with E-state index in [9.17, 15) is 37.5 Å². The standard InChI is InChI=1S/C38H33F5N4O9/c39-27-10-22(46-14-24(56-36(46)51)13-44-35(50)38(41,42)43)8-9-29(27)55-19-37(52)12-23-17-53-33-30-25(11-28(40)31(33)47(23)18-37)32(48)26(15-45(30)21-6-7-21)34(49)54-16-20-4-2-1-3-5-20/h1-5,8-11,15,21,23-24,52H,6-7,12-14,16-19H2,(H,44,50)/t23?,24-,37?/m0/s1. The van der Waals surface area contributed by atoms with Crippen LogP contribution in [0.4, 0.5) is 38.1 Å². The molecule has 3 aromatic carbocycles. The number of carbonyl (C=O) groups excluding carboxylic acids is 3. The van der Waals surface area contributed by atoms with Crippen LogP contribution in [0.3, 0.4) is 0 Å². The average molecular weight is 785 g/mol. The van der Waals surface area contributed by atoms with E-state index in [1.165, 1.54) is 18.3 Å². The molecule has 56 heavy (non-hydrogen) atoms. The van der Waals surface area contributed by atoms with E-state index in [2.05, 4.69) is 0 Å². The van der Waals surface area contributed by atoms with Crippen molar-refractivity contribution >= 4 is 40.2 Å². The molecule has 4 aliphatic rings. The highest BCUT2D eigenvalue weighted by Gasteiger charge is 2.48. The fourth-order valence-corrected chi connectivity index (χ4v) is 7.32. The summed E-state index contributed by atoms with van der Waals surface area (Å²) in [6, 6.07) is 12.9. The largest absolute Gasteiger partial charge is 0.487 e. The first-order chi connectivity index (χ1) is 26.7. The molecule has 0 spiro atoms.